The molecule has 1 aliphatic rings. The summed E-state index contributed by atoms with van der Waals surface area (Å²) in [6.07, 6.45) is 4.56. The molecule has 2 rings (SSSR count). The van der Waals surface area contributed by atoms with Gasteiger partial charge in [-0.3, -0.25) is 4.79 Å². The molecular formula is C15H21IN2O. The van der Waals surface area contributed by atoms with Crippen molar-refractivity contribution < 1.29 is 4.79 Å². The highest BCUT2D eigenvalue weighted by atomic mass is 127. The van der Waals surface area contributed by atoms with E-state index in [0.29, 0.717) is 6.04 Å². The Morgan fingerprint density at radius 1 is 1.37 bits per heavy atom. The molecule has 4 heteroatoms. The minimum atomic E-state index is 0.192. The number of hydrogen-bond donors (Lipinski definition) is 1. The van der Waals surface area contributed by atoms with Crippen LogP contribution in [0.2, 0.25) is 0 Å². The van der Waals surface area contributed by atoms with E-state index in [4.69, 9.17) is 0 Å². The molecule has 1 aliphatic heterocycles. The van der Waals surface area contributed by atoms with Crippen LogP contribution in [-0.2, 0) is 0 Å². The van der Waals surface area contributed by atoms with Crippen molar-refractivity contribution in [3.63, 3.8) is 0 Å². The first-order valence-electron chi connectivity index (χ1n) is 6.93. The number of nitrogens with one attached hydrogen (secondary N) is 1. The second-order valence-corrected chi connectivity index (χ2v) is 6.29. The van der Waals surface area contributed by atoms with Gasteiger partial charge in [0.2, 0.25) is 0 Å². The second-order valence-electron chi connectivity index (χ2n) is 5.05. The van der Waals surface area contributed by atoms with E-state index >= 15 is 0 Å². The lowest BCUT2D eigenvalue weighted by atomic mass is 9.98. The van der Waals surface area contributed by atoms with Crippen LogP contribution in [0.4, 0.5) is 0 Å². The molecule has 0 spiro atoms. The smallest absolute Gasteiger partial charge is 0.254 e. The fourth-order valence-electron chi connectivity index (χ4n) is 2.64. The molecule has 1 heterocycles. The van der Waals surface area contributed by atoms with Crippen LogP contribution in [0.3, 0.4) is 0 Å². The minimum Gasteiger partial charge on any atom is -0.336 e. The van der Waals surface area contributed by atoms with Crippen LogP contribution in [0.15, 0.2) is 24.3 Å². The number of carbonyl (C=O) groups excluding carboxylic acids is 1. The summed E-state index contributed by atoms with van der Waals surface area (Å²) in [5.74, 6) is 0.192. The van der Waals surface area contributed by atoms with E-state index in [9.17, 15) is 4.79 Å². The molecule has 0 saturated carbocycles. The lowest BCUT2D eigenvalue weighted by molar-refractivity contribution is 0.0602. The molecule has 1 unspecified atom stereocenters. The zero-order valence-electron chi connectivity index (χ0n) is 11.4. The molecule has 1 aromatic carbocycles. The minimum absolute atomic E-state index is 0.192. The molecule has 1 atom stereocenters. The monoisotopic (exact) mass is 372 g/mol. The molecule has 1 aromatic rings. The Hall–Kier alpha value is -0.620. The third kappa shape index (κ3) is 3.92. The molecule has 1 N–H and O–H groups in total. The van der Waals surface area contributed by atoms with Crippen LogP contribution >= 0.6 is 22.6 Å². The maximum absolute atomic E-state index is 12.6. The van der Waals surface area contributed by atoms with Gasteiger partial charge in [-0.05, 0) is 86.1 Å². The third-order valence-corrected chi connectivity index (χ3v) is 4.43. The Labute approximate surface area is 128 Å². The molecule has 1 saturated heterocycles. The van der Waals surface area contributed by atoms with E-state index < -0.39 is 0 Å². The number of carbonyl (C=O) groups is 1. The maximum atomic E-state index is 12.6. The lowest BCUT2D eigenvalue weighted by Gasteiger charge is -2.36. The van der Waals surface area contributed by atoms with Crippen molar-refractivity contribution in [2.45, 2.75) is 31.7 Å². The van der Waals surface area contributed by atoms with Gasteiger partial charge in [-0.25, -0.2) is 0 Å². The number of piperidine rings is 1. The Morgan fingerprint density at radius 3 is 2.79 bits per heavy atom. The summed E-state index contributed by atoms with van der Waals surface area (Å²) < 4.78 is 1.17. The van der Waals surface area contributed by atoms with Gasteiger partial charge >= 0.3 is 0 Å². The van der Waals surface area contributed by atoms with Crippen LogP contribution in [-0.4, -0.2) is 37.0 Å². The highest BCUT2D eigenvalue weighted by molar-refractivity contribution is 14.1. The highest BCUT2D eigenvalue weighted by Crippen LogP contribution is 2.22. The van der Waals surface area contributed by atoms with Crippen molar-refractivity contribution in [2.75, 3.05) is 20.1 Å². The average molecular weight is 372 g/mol. The number of likely N-dealkylation sites (tertiary alicyclic amines) is 1. The van der Waals surface area contributed by atoms with Gasteiger partial charge in [0.15, 0.2) is 0 Å². The summed E-state index contributed by atoms with van der Waals surface area (Å²) in [5.41, 5.74) is 0.816. The van der Waals surface area contributed by atoms with Gasteiger partial charge in [0.05, 0.1) is 0 Å². The first-order chi connectivity index (χ1) is 9.22. The SMILES string of the molecule is CNCCC1CCCCN1C(=O)c1ccc(I)cc1. The van der Waals surface area contributed by atoms with Gasteiger partial charge in [-0.15, -0.1) is 0 Å². The van der Waals surface area contributed by atoms with Gasteiger partial charge in [0.1, 0.15) is 0 Å². The molecule has 1 fully saturated rings. The Morgan fingerprint density at radius 2 is 2.11 bits per heavy atom. The van der Waals surface area contributed by atoms with Crippen LogP contribution in [0.1, 0.15) is 36.0 Å². The van der Waals surface area contributed by atoms with Crippen molar-refractivity contribution in [3.8, 4) is 0 Å². The van der Waals surface area contributed by atoms with Crippen molar-refractivity contribution in [1.29, 1.82) is 0 Å². The van der Waals surface area contributed by atoms with Gasteiger partial charge in [-0.2, -0.15) is 0 Å². The molecule has 0 bridgehead atoms. The van der Waals surface area contributed by atoms with Gasteiger partial charge < -0.3 is 10.2 Å². The van der Waals surface area contributed by atoms with E-state index in [1.54, 1.807) is 0 Å². The van der Waals surface area contributed by atoms with Crippen molar-refractivity contribution in [1.82, 2.24) is 10.2 Å². The number of halogens is 1. The predicted molar refractivity (Wildman–Crippen MR) is 86.4 cm³/mol. The molecule has 104 valence electrons. The molecule has 3 nitrogen and oxygen atoms in total. The molecule has 0 aliphatic carbocycles. The van der Waals surface area contributed by atoms with E-state index in [-0.39, 0.29) is 5.91 Å². The highest BCUT2D eigenvalue weighted by Gasteiger charge is 2.26. The van der Waals surface area contributed by atoms with Crippen LogP contribution in [0.25, 0.3) is 0 Å². The van der Waals surface area contributed by atoms with Gasteiger partial charge in [0, 0.05) is 21.7 Å². The number of amides is 1. The Balaban J connectivity index is 2.08. The summed E-state index contributed by atoms with van der Waals surface area (Å²) in [7, 11) is 1.97. The maximum Gasteiger partial charge on any atom is 0.254 e. The number of nitrogens with zero attached hydrogens (tertiary/aromatic N) is 1. The standard InChI is InChI=1S/C15H21IN2O/c1-17-10-9-14-4-2-3-11-18(14)15(19)12-5-7-13(16)8-6-12/h5-8,14,17H,2-4,9-11H2,1H3. The fourth-order valence-corrected chi connectivity index (χ4v) is 3.00. The molecule has 0 aromatic heterocycles. The van der Waals surface area contributed by atoms with Crippen molar-refractivity contribution in [3.05, 3.63) is 33.4 Å². The molecule has 0 radical (unpaired) electrons. The summed E-state index contributed by atoms with van der Waals surface area (Å²) in [4.78, 5) is 14.7. The summed E-state index contributed by atoms with van der Waals surface area (Å²) in [6, 6.07) is 8.27. The van der Waals surface area contributed by atoms with Crippen molar-refractivity contribution >= 4 is 28.5 Å². The quantitative estimate of drug-likeness (QED) is 0.825. The summed E-state index contributed by atoms with van der Waals surface area (Å²) in [6.45, 7) is 1.88. The number of rotatable bonds is 4. The first-order valence-corrected chi connectivity index (χ1v) is 8.01. The van der Waals surface area contributed by atoms with Crippen LogP contribution < -0.4 is 5.32 Å². The molecule has 1 amide bonds. The second kappa shape index (κ2) is 7.24. The van der Waals surface area contributed by atoms with Crippen LogP contribution in [0.5, 0.6) is 0 Å². The topological polar surface area (TPSA) is 32.3 Å². The third-order valence-electron chi connectivity index (χ3n) is 3.71. The summed E-state index contributed by atoms with van der Waals surface area (Å²) >= 11 is 2.26. The van der Waals surface area contributed by atoms with E-state index in [1.165, 1.54) is 9.99 Å². The largest absolute Gasteiger partial charge is 0.336 e. The number of hydrogen-bond acceptors (Lipinski definition) is 2. The summed E-state index contributed by atoms with van der Waals surface area (Å²) in [5, 5.41) is 3.18. The van der Waals surface area contributed by atoms with Crippen LogP contribution in [0, 0.1) is 3.57 Å². The first kappa shape index (κ1) is 14.8. The van der Waals surface area contributed by atoms with Gasteiger partial charge in [-0.1, -0.05) is 0 Å². The zero-order valence-corrected chi connectivity index (χ0v) is 13.5. The van der Waals surface area contributed by atoms with Gasteiger partial charge in [0.25, 0.3) is 5.91 Å². The molecule has 19 heavy (non-hydrogen) atoms. The van der Waals surface area contributed by atoms with E-state index in [1.807, 2.05) is 31.3 Å². The Kier molecular flexibility index (Phi) is 5.63. The average Bonchev–Trinajstić information content (AvgIpc) is 2.45. The van der Waals surface area contributed by atoms with E-state index in [2.05, 4.69) is 32.8 Å². The fraction of sp³-hybridized carbons (Fsp3) is 0.533. The van der Waals surface area contributed by atoms with Crippen molar-refractivity contribution in [2.24, 2.45) is 0 Å². The molecular weight excluding hydrogens is 351 g/mol. The Bertz CT molecular complexity index is 419. The number of benzene rings is 1. The normalized spacial score (nSPS) is 19.5. The lowest BCUT2D eigenvalue weighted by Crippen LogP contribution is -2.44. The predicted octanol–water partition coefficient (Wildman–Crippen LogP) is 2.90. The zero-order chi connectivity index (χ0) is 13.7. The van der Waals surface area contributed by atoms with E-state index in [0.717, 1.165) is 37.9 Å².